The molecule has 0 radical (unpaired) electrons. The third-order valence-electron chi connectivity index (χ3n) is 4.07. The lowest BCUT2D eigenvalue weighted by Crippen LogP contribution is -2.26. The topological polar surface area (TPSA) is 86.1 Å². The average Bonchev–Trinajstić information content (AvgIpc) is 2.64. The van der Waals surface area contributed by atoms with Crippen LogP contribution in [0.2, 0.25) is 0 Å². The van der Waals surface area contributed by atoms with Crippen LogP contribution in [0.4, 0.5) is 5.69 Å². The Bertz CT molecular complexity index is 1010. The lowest BCUT2D eigenvalue weighted by Gasteiger charge is -2.09. The van der Waals surface area contributed by atoms with Gasteiger partial charge in [-0.25, -0.2) is 4.68 Å². The summed E-state index contributed by atoms with van der Waals surface area (Å²) in [5.74, 6) is 0.860. The Morgan fingerprint density at radius 1 is 1.19 bits per heavy atom. The number of methoxy groups -OCH3 is 1. The molecule has 0 saturated heterocycles. The number of carbonyl (C=O) groups excluding carboxylic acids is 1. The highest BCUT2D eigenvalue weighted by molar-refractivity contribution is 5.94. The largest absolute Gasteiger partial charge is 0.497 e. The van der Waals surface area contributed by atoms with E-state index in [1.54, 1.807) is 25.3 Å². The van der Waals surface area contributed by atoms with Gasteiger partial charge in [-0.2, -0.15) is 0 Å². The second-order valence-corrected chi connectivity index (χ2v) is 6.78. The van der Waals surface area contributed by atoms with Crippen LogP contribution in [0.15, 0.2) is 47.3 Å². The predicted octanol–water partition coefficient (Wildman–Crippen LogP) is 2.64. The summed E-state index contributed by atoms with van der Waals surface area (Å²) in [6.45, 7) is 4.51. The number of benzene rings is 2. The second-order valence-electron chi connectivity index (χ2n) is 6.78. The van der Waals surface area contributed by atoms with Gasteiger partial charge in [0.2, 0.25) is 5.91 Å². The number of carbonyl (C=O) groups is 1. The molecule has 0 aliphatic heterocycles. The third kappa shape index (κ3) is 4.49. The predicted molar refractivity (Wildman–Crippen MR) is 104 cm³/mol. The van der Waals surface area contributed by atoms with Crippen LogP contribution in [0.25, 0.3) is 10.9 Å². The van der Waals surface area contributed by atoms with E-state index < -0.39 is 0 Å². The number of anilines is 1. The number of hydrogen-bond acceptors (Lipinski definition) is 5. The van der Waals surface area contributed by atoms with Crippen molar-refractivity contribution in [2.75, 3.05) is 12.4 Å². The zero-order chi connectivity index (χ0) is 19.4. The van der Waals surface area contributed by atoms with Gasteiger partial charge in [0.25, 0.3) is 5.56 Å². The molecule has 0 saturated carbocycles. The fraction of sp³-hybridized carbons (Fsp3) is 0.300. The molecule has 3 rings (SSSR count). The summed E-state index contributed by atoms with van der Waals surface area (Å²) in [5, 5.41) is 11.3. The Kier molecular flexibility index (Phi) is 5.49. The molecule has 0 unspecified atom stereocenters. The van der Waals surface area contributed by atoms with Gasteiger partial charge in [0.05, 0.1) is 18.9 Å². The number of nitrogens with one attached hydrogen (secondary N) is 1. The van der Waals surface area contributed by atoms with Gasteiger partial charge < -0.3 is 10.1 Å². The van der Waals surface area contributed by atoms with Gasteiger partial charge in [-0.05, 0) is 41.8 Å². The van der Waals surface area contributed by atoms with E-state index in [1.165, 1.54) is 4.68 Å². The quantitative estimate of drug-likeness (QED) is 0.725. The van der Waals surface area contributed by atoms with Gasteiger partial charge in [0, 0.05) is 12.2 Å². The summed E-state index contributed by atoms with van der Waals surface area (Å²) < 4.78 is 6.47. The maximum atomic E-state index is 12.6. The zero-order valence-electron chi connectivity index (χ0n) is 15.6. The first-order valence-electron chi connectivity index (χ1n) is 8.76. The van der Waals surface area contributed by atoms with Gasteiger partial charge in [-0.3, -0.25) is 9.59 Å². The lowest BCUT2D eigenvalue weighted by atomic mass is 10.1. The Balaban J connectivity index is 1.78. The van der Waals surface area contributed by atoms with Crippen LogP contribution < -0.4 is 15.6 Å². The Morgan fingerprint density at radius 3 is 2.59 bits per heavy atom. The minimum atomic E-state index is -0.208. The van der Waals surface area contributed by atoms with Crippen molar-refractivity contribution in [1.82, 2.24) is 15.0 Å². The molecule has 1 aromatic heterocycles. The van der Waals surface area contributed by atoms with Crippen LogP contribution in [0, 0.1) is 5.92 Å². The maximum absolute atomic E-state index is 12.6. The van der Waals surface area contributed by atoms with Crippen molar-refractivity contribution in [3.8, 4) is 5.75 Å². The molecule has 0 aliphatic rings. The number of fused-ring (bicyclic) bond motifs is 1. The van der Waals surface area contributed by atoms with Crippen molar-refractivity contribution in [3.63, 3.8) is 0 Å². The van der Waals surface area contributed by atoms with Crippen molar-refractivity contribution >= 4 is 22.5 Å². The SMILES string of the molecule is COc1ccc(CC(=O)Nc2ccc3nnn(CC(C)C)c(=O)c3c2)cc1. The van der Waals surface area contributed by atoms with E-state index in [0.717, 1.165) is 11.3 Å². The van der Waals surface area contributed by atoms with Crippen molar-refractivity contribution in [3.05, 3.63) is 58.4 Å². The lowest BCUT2D eigenvalue weighted by molar-refractivity contribution is -0.115. The number of aromatic nitrogens is 3. The van der Waals surface area contributed by atoms with E-state index in [2.05, 4.69) is 15.6 Å². The van der Waals surface area contributed by atoms with Crippen molar-refractivity contribution < 1.29 is 9.53 Å². The van der Waals surface area contributed by atoms with E-state index in [4.69, 9.17) is 4.74 Å². The first kappa shape index (κ1) is 18.6. The van der Waals surface area contributed by atoms with Gasteiger partial charge in [0.1, 0.15) is 11.3 Å². The number of nitrogens with zero attached hydrogens (tertiary/aromatic N) is 3. The Morgan fingerprint density at radius 2 is 1.93 bits per heavy atom. The van der Waals surface area contributed by atoms with E-state index >= 15 is 0 Å². The van der Waals surface area contributed by atoms with Crippen LogP contribution in [-0.4, -0.2) is 28.0 Å². The van der Waals surface area contributed by atoms with E-state index in [0.29, 0.717) is 23.1 Å². The number of rotatable bonds is 6. The highest BCUT2D eigenvalue weighted by Crippen LogP contribution is 2.16. The molecular formula is C20H22N4O3. The molecule has 0 atom stereocenters. The van der Waals surface area contributed by atoms with Crippen LogP contribution in [0.3, 0.4) is 0 Å². The Hall–Kier alpha value is -3.22. The molecule has 0 bridgehead atoms. The molecule has 0 aliphatic carbocycles. The standard InChI is InChI=1S/C20H22N4O3/c1-13(2)12-24-20(26)17-11-15(6-9-18(17)22-23-24)21-19(25)10-14-4-7-16(27-3)8-5-14/h4-9,11,13H,10,12H2,1-3H3,(H,21,25). The van der Waals surface area contributed by atoms with Crippen molar-refractivity contribution in [2.45, 2.75) is 26.8 Å². The zero-order valence-corrected chi connectivity index (χ0v) is 15.6. The maximum Gasteiger partial charge on any atom is 0.277 e. The molecule has 7 nitrogen and oxygen atoms in total. The summed E-state index contributed by atoms with van der Waals surface area (Å²) in [7, 11) is 1.60. The molecule has 0 fully saturated rings. The van der Waals surface area contributed by atoms with Crippen LogP contribution in [0.5, 0.6) is 5.75 Å². The summed E-state index contributed by atoms with van der Waals surface area (Å²) in [4.78, 5) is 24.9. The van der Waals surface area contributed by atoms with Crippen LogP contribution >= 0.6 is 0 Å². The van der Waals surface area contributed by atoms with Crippen LogP contribution in [-0.2, 0) is 17.8 Å². The second kappa shape index (κ2) is 7.99. The summed E-state index contributed by atoms with van der Waals surface area (Å²) >= 11 is 0. The van der Waals surface area contributed by atoms with Gasteiger partial charge in [-0.15, -0.1) is 5.10 Å². The average molecular weight is 366 g/mol. The molecule has 0 spiro atoms. The fourth-order valence-electron chi connectivity index (χ4n) is 2.75. The fourth-order valence-corrected chi connectivity index (χ4v) is 2.75. The van der Waals surface area contributed by atoms with E-state index in [-0.39, 0.29) is 23.8 Å². The minimum absolute atomic E-state index is 0.163. The molecule has 27 heavy (non-hydrogen) atoms. The third-order valence-corrected chi connectivity index (χ3v) is 4.07. The highest BCUT2D eigenvalue weighted by Gasteiger charge is 2.10. The molecule has 2 aromatic carbocycles. The highest BCUT2D eigenvalue weighted by atomic mass is 16.5. The van der Waals surface area contributed by atoms with E-state index in [9.17, 15) is 9.59 Å². The van der Waals surface area contributed by atoms with Gasteiger partial charge in [-0.1, -0.05) is 31.2 Å². The summed E-state index contributed by atoms with van der Waals surface area (Å²) in [5.41, 5.74) is 1.73. The van der Waals surface area contributed by atoms with Crippen molar-refractivity contribution in [2.24, 2.45) is 5.92 Å². The number of ether oxygens (including phenoxy) is 1. The van der Waals surface area contributed by atoms with Crippen LogP contribution in [0.1, 0.15) is 19.4 Å². The molecule has 1 N–H and O–H groups in total. The van der Waals surface area contributed by atoms with Gasteiger partial charge in [0.15, 0.2) is 0 Å². The van der Waals surface area contributed by atoms with Crippen molar-refractivity contribution in [1.29, 1.82) is 0 Å². The molecule has 1 amide bonds. The molecule has 3 aromatic rings. The molecular weight excluding hydrogens is 344 g/mol. The smallest absolute Gasteiger partial charge is 0.277 e. The van der Waals surface area contributed by atoms with Gasteiger partial charge >= 0.3 is 0 Å². The molecule has 140 valence electrons. The normalized spacial score (nSPS) is 11.0. The van der Waals surface area contributed by atoms with E-state index in [1.807, 2.05) is 38.1 Å². The minimum Gasteiger partial charge on any atom is -0.497 e. The number of amides is 1. The summed E-state index contributed by atoms with van der Waals surface area (Å²) in [6.07, 6.45) is 0.230. The molecule has 7 heteroatoms. The summed E-state index contributed by atoms with van der Waals surface area (Å²) in [6, 6.07) is 12.4. The number of hydrogen-bond donors (Lipinski definition) is 1. The first-order chi connectivity index (χ1) is 13.0. The Labute approximate surface area is 157 Å². The monoisotopic (exact) mass is 366 g/mol. The molecule has 1 heterocycles. The first-order valence-corrected chi connectivity index (χ1v) is 8.76.